The highest BCUT2D eigenvalue weighted by molar-refractivity contribution is 6.01. The average Bonchev–Trinajstić information content (AvgIpc) is 2.15. The van der Waals surface area contributed by atoms with Crippen molar-refractivity contribution in [3.8, 4) is 5.75 Å². The number of aldehydes is 1. The molecule has 0 saturated carbocycles. The van der Waals surface area contributed by atoms with E-state index in [1.54, 1.807) is 18.2 Å². The zero-order chi connectivity index (χ0) is 11.1. The van der Waals surface area contributed by atoms with Crippen molar-refractivity contribution in [3.05, 3.63) is 29.3 Å². The molecule has 2 rings (SSSR count). The summed E-state index contributed by atoms with van der Waals surface area (Å²) < 4.78 is 5.65. The Kier molecular flexibility index (Phi) is 2.11. The molecular formula is C12H12O3. The molecule has 0 atom stereocenters. The van der Waals surface area contributed by atoms with Gasteiger partial charge in [0.15, 0.2) is 5.78 Å². The van der Waals surface area contributed by atoms with Crippen LogP contribution in [0.2, 0.25) is 0 Å². The monoisotopic (exact) mass is 204 g/mol. The van der Waals surface area contributed by atoms with Gasteiger partial charge in [-0.15, -0.1) is 0 Å². The fraction of sp³-hybridized carbons (Fsp3) is 0.333. The smallest absolute Gasteiger partial charge is 0.170 e. The number of ether oxygens (including phenoxy) is 1. The molecule has 1 aromatic carbocycles. The van der Waals surface area contributed by atoms with Crippen molar-refractivity contribution >= 4 is 12.1 Å². The van der Waals surface area contributed by atoms with E-state index in [1.807, 2.05) is 13.8 Å². The molecule has 0 amide bonds. The summed E-state index contributed by atoms with van der Waals surface area (Å²) in [6, 6.07) is 4.91. The highest BCUT2D eigenvalue weighted by Gasteiger charge is 2.32. The largest absolute Gasteiger partial charge is 0.487 e. The average molecular weight is 204 g/mol. The molecule has 3 nitrogen and oxygen atoms in total. The number of rotatable bonds is 1. The Morgan fingerprint density at radius 2 is 2.13 bits per heavy atom. The standard InChI is InChI=1S/C12H12O3/c1-12(2)6-10(14)9-5-8(7-13)3-4-11(9)15-12/h3-5,7H,6H2,1-2H3. The van der Waals surface area contributed by atoms with Gasteiger partial charge in [-0.05, 0) is 32.0 Å². The zero-order valence-electron chi connectivity index (χ0n) is 8.74. The predicted molar refractivity (Wildman–Crippen MR) is 55.5 cm³/mol. The first kappa shape index (κ1) is 9.90. The van der Waals surface area contributed by atoms with Crippen molar-refractivity contribution in [2.24, 2.45) is 0 Å². The Hall–Kier alpha value is -1.64. The second-order valence-electron chi connectivity index (χ2n) is 4.34. The van der Waals surface area contributed by atoms with Gasteiger partial charge in [-0.3, -0.25) is 9.59 Å². The summed E-state index contributed by atoms with van der Waals surface area (Å²) in [5, 5.41) is 0. The third-order valence-electron chi connectivity index (χ3n) is 2.41. The van der Waals surface area contributed by atoms with Crippen LogP contribution in [-0.4, -0.2) is 17.7 Å². The Morgan fingerprint density at radius 1 is 1.40 bits per heavy atom. The molecule has 1 aromatic rings. The molecule has 0 saturated heterocycles. The van der Waals surface area contributed by atoms with Crippen LogP contribution < -0.4 is 4.74 Å². The van der Waals surface area contributed by atoms with Crippen LogP contribution >= 0.6 is 0 Å². The predicted octanol–water partition coefficient (Wildman–Crippen LogP) is 2.24. The second kappa shape index (κ2) is 3.19. The summed E-state index contributed by atoms with van der Waals surface area (Å²) >= 11 is 0. The fourth-order valence-corrected chi connectivity index (χ4v) is 1.74. The van der Waals surface area contributed by atoms with E-state index in [0.29, 0.717) is 23.3 Å². The highest BCUT2D eigenvalue weighted by atomic mass is 16.5. The molecule has 1 aliphatic rings. The molecule has 0 aromatic heterocycles. The van der Waals surface area contributed by atoms with E-state index in [2.05, 4.69) is 0 Å². The van der Waals surface area contributed by atoms with Gasteiger partial charge in [-0.2, -0.15) is 0 Å². The van der Waals surface area contributed by atoms with Crippen LogP contribution in [0.25, 0.3) is 0 Å². The zero-order valence-corrected chi connectivity index (χ0v) is 8.74. The van der Waals surface area contributed by atoms with E-state index in [9.17, 15) is 9.59 Å². The molecular weight excluding hydrogens is 192 g/mol. The Labute approximate surface area is 88.1 Å². The maximum Gasteiger partial charge on any atom is 0.170 e. The van der Waals surface area contributed by atoms with E-state index in [1.165, 1.54) is 0 Å². The van der Waals surface area contributed by atoms with Crippen molar-refractivity contribution < 1.29 is 14.3 Å². The number of ketones is 1. The number of hydrogen-bond donors (Lipinski definition) is 0. The Bertz CT molecular complexity index is 432. The van der Waals surface area contributed by atoms with Crippen LogP contribution in [0.4, 0.5) is 0 Å². The number of carbonyl (C=O) groups excluding carboxylic acids is 2. The van der Waals surface area contributed by atoms with Crippen LogP contribution in [0.15, 0.2) is 18.2 Å². The maximum atomic E-state index is 11.8. The summed E-state index contributed by atoms with van der Waals surface area (Å²) in [6.45, 7) is 3.75. The van der Waals surface area contributed by atoms with Crippen molar-refractivity contribution in [2.45, 2.75) is 25.9 Å². The highest BCUT2D eigenvalue weighted by Crippen LogP contribution is 2.33. The van der Waals surface area contributed by atoms with Gasteiger partial charge in [-0.1, -0.05) is 0 Å². The van der Waals surface area contributed by atoms with E-state index in [0.717, 1.165) is 6.29 Å². The summed E-state index contributed by atoms with van der Waals surface area (Å²) in [5.74, 6) is 0.604. The Balaban J connectivity index is 2.50. The summed E-state index contributed by atoms with van der Waals surface area (Å²) in [7, 11) is 0. The maximum absolute atomic E-state index is 11.8. The number of benzene rings is 1. The van der Waals surface area contributed by atoms with Crippen molar-refractivity contribution in [3.63, 3.8) is 0 Å². The van der Waals surface area contributed by atoms with Gasteiger partial charge < -0.3 is 4.74 Å². The lowest BCUT2D eigenvalue weighted by atomic mass is 9.92. The van der Waals surface area contributed by atoms with Crippen LogP contribution in [0, 0.1) is 0 Å². The van der Waals surface area contributed by atoms with Crippen molar-refractivity contribution in [1.82, 2.24) is 0 Å². The minimum absolute atomic E-state index is 0.0324. The molecule has 0 radical (unpaired) electrons. The first-order chi connectivity index (χ1) is 7.02. The Morgan fingerprint density at radius 3 is 2.80 bits per heavy atom. The minimum Gasteiger partial charge on any atom is -0.487 e. The van der Waals surface area contributed by atoms with Gasteiger partial charge in [0.25, 0.3) is 0 Å². The molecule has 0 N–H and O–H groups in total. The number of carbonyl (C=O) groups is 2. The molecule has 0 unspecified atom stereocenters. The number of fused-ring (bicyclic) bond motifs is 1. The SMILES string of the molecule is CC1(C)CC(=O)c2cc(C=O)ccc2O1. The third kappa shape index (κ3) is 1.77. The normalized spacial score (nSPS) is 17.9. The molecule has 0 bridgehead atoms. The van der Waals surface area contributed by atoms with Gasteiger partial charge in [0.1, 0.15) is 17.6 Å². The van der Waals surface area contributed by atoms with E-state index >= 15 is 0 Å². The molecule has 15 heavy (non-hydrogen) atoms. The van der Waals surface area contributed by atoms with E-state index in [4.69, 9.17) is 4.74 Å². The molecule has 1 aliphatic heterocycles. The first-order valence-corrected chi connectivity index (χ1v) is 4.83. The lowest BCUT2D eigenvalue weighted by molar-refractivity contribution is 0.0620. The topological polar surface area (TPSA) is 43.4 Å². The van der Waals surface area contributed by atoms with E-state index < -0.39 is 5.60 Å². The van der Waals surface area contributed by atoms with Crippen LogP contribution in [0.5, 0.6) is 5.75 Å². The molecule has 1 heterocycles. The third-order valence-corrected chi connectivity index (χ3v) is 2.41. The number of Topliss-reactive ketones (excluding diaryl/α,β-unsaturated/α-hetero) is 1. The minimum atomic E-state index is -0.452. The lowest BCUT2D eigenvalue weighted by Crippen LogP contribution is -2.35. The molecule has 78 valence electrons. The second-order valence-corrected chi connectivity index (χ2v) is 4.34. The van der Waals surface area contributed by atoms with Crippen LogP contribution in [-0.2, 0) is 0 Å². The first-order valence-electron chi connectivity index (χ1n) is 4.83. The van der Waals surface area contributed by atoms with Gasteiger partial charge in [0.2, 0.25) is 0 Å². The quantitative estimate of drug-likeness (QED) is 0.659. The van der Waals surface area contributed by atoms with Crippen LogP contribution in [0.3, 0.4) is 0 Å². The number of hydrogen-bond acceptors (Lipinski definition) is 3. The van der Waals surface area contributed by atoms with Crippen LogP contribution in [0.1, 0.15) is 41.0 Å². The molecule has 0 fully saturated rings. The van der Waals surface area contributed by atoms with Crippen molar-refractivity contribution in [2.75, 3.05) is 0 Å². The van der Waals surface area contributed by atoms with Gasteiger partial charge in [0, 0.05) is 5.56 Å². The summed E-state index contributed by atoms with van der Waals surface area (Å²) in [6.07, 6.45) is 1.08. The summed E-state index contributed by atoms with van der Waals surface area (Å²) in [4.78, 5) is 22.3. The molecule has 0 spiro atoms. The van der Waals surface area contributed by atoms with E-state index in [-0.39, 0.29) is 5.78 Å². The molecule has 0 aliphatic carbocycles. The van der Waals surface area contributed by atoms with Crippen molar-refractivity contribution in [1.29, 1.82) is 0 Å². The lowest BCUT2D eigenvalue weighted by Gasteiger charge is -2.31. The molecule has 3 heteroatoms. The van der Waals surface area contributed by atoms with Gasteiger partial charge >= 0.3 is 0 Å². The summed E-state index contributed by atoms with van der Waals surface area (Å²) in [5.41, 5.74) is 0.566. The van der Waals surface area contributed by atoms with Gasteiger partial charge in [-0.25, -0.2) is 0 Å². The fourth-order valence-electron chi connectivity index (χ4n) is 1.74. The van der Waals surface area contributed by atoms with Gasteiger partial charge in [0.05, 0.1) is 12.0 Å².